The molecule has 0 N–H and O–H groups in total. The fourth-order valence-corrected chi connectivity index (χ4v) is 7.56. The Hall–Kier alpha value is -2.83. The Morgan fingerprint density at radius 3 is 2.40 bits per heavy atom. The first kappa shape index (κ1) is 33.5. The molecule has 0 unspecified atom stereocenters. The summed E-state index contributed by atoms with van der Waals surface area (Å²) >= 11 is 22.0. The fraction of sp³-hybridized carbons (Fsp3) is 0.242. The first-order valence-corrected chi connectivity index (χ1v) is 17.1. The Kier molecular flexibility index (Phi) is 10.7. The van der Waals surface area contributed by atoms with Gasteiger partial charge in [0.05, 0.1) is 32.5 Å². The van der Waals surface area contributed by atoms with Crippen LogP contribution in [0.5, 0.6) is 11.5 Å². The molecule has 12 heteroatoms. The highest BCUT2D eigenvalue weighted by atomic mass is 127. The molecule has 3 aromatic carbocycles. The topological polar surface area (TPSA) is 73.1 Å². The molecule has 1 aliphatic heterocycles. The lowest BCUT2D eigenvalue weighted by Gasteiger charge is -2.29. The monoisotopic (exact) mass is 795 g/mol. The number of likely N-dealkylation sites (N-methyl/N-ethyl adjacent to an activating group) is 1. The van der Waals surface area contributed by atoms with E-state index in [1.54, 1.807) is 46.9 Å². The summed E-state index contributed by atoms with van der Waals surface area (Å²) in [6.07, 6.45) is 1.80. The van der Waals surface area contributed by atoms with Gasteiger partial charge in [-0.1, -0.05) is 64.3 Å². The molecule has 5 rings (SSSR count). The van der Waals surface area contributed by atoms with Gasteiger partial charge in [0.25, 0.3) is 11.5 Å². The molecular formula is C33H29Cl3IN3O4S. The largest absolute Gasteiger partial charge is 0.493 e. The fourth-order valence-electron chi connectivity index (χ4n) is 5.14. The van der Waals surface area contributed by atoms with E-state index in [0.29, 0.717) is 60.3 Å². The smallest absolute Gasteiger partial charge is 0.271 e. The quantitative estimate of drug-likeness (QED) is 0.168. The molecule has 4 aromatic rings. The van der Waals surface area contributed by atoms with Crippen LogP contribution in [0.2, 0.25) is 15.1 Å². The van der Waals surface area contributed by atoms with Crippen LogP contribution < -0.4 is 24.4 Å². The van der Waals surface area contributed by atoms with Gasteiger partial charge in [-0.25, -0.2) is 4.99 Å². The second kappa shape index (κ2) is 14.3. The van der Waals surface area contributed by atoms with Crippen LogP contribution >= 0.6 is 68.7 Å². The second-order valence-electron chi connectivity index (χ2n) is 10.2. The molecule has 1 aromatic heterocycles. The van der Waals surface area contributed by atoms with E-state index >= 15 is 0 Å². The number of fused-ring (bicyclic) bond motifs is 1. The molecule has 7 nitrogen and oxygen atoms in total. The normalized spacial score (nSPS) is 14.7. The molecule has 2 heterocycles. The average Bonchev–Trinajstić information content (AvgIpc) is 3.31. The van der Waals surface area contributed by atoms with Gasteiger partial charge in [-0.05, 0) is 97.0 Å². The number of thiazole rings is 1. The third-order valence-corrected chi connectivity index (χ3v) is 10.0. The summed E-state index contributed by atoms with van der Waals surface area (Å²) in [7, 11) is 1.56. The molecule has 0 saturated heterocycles. The average molecular weight is 797 g/mol. The van der Waals surface area contributed by atoms with Crippen LogP contribution in [0.4, 0.5) is 0 Å². The van der Waals surface area contributed by atoms with E-state index in [4.69, 9.17) is 49.3 Å². The highest BCUT2D eigenvalue weighted by molar-refractivity contribution is 14.1. The summed E-state index contributed by atoms with van der Waals surface area (Å²) in [5.41, 5.74) is 3.11. The minimum Gasteiger partial charge on any atom is -0.493 e. The zero-order chi connectivity index (χ0) is 32.4. The number of halogens is 4. The number of benzene rings is 3. The minimum atomic E-state index is -0.654. The number of hydrogen-bond donors (Lipinski definition) is 0. The van der Waals surface area contributed by atoms with E-state index in [1.807, 2.05) is 51.1 Å². The highest BCUT2D eigenvalue weighted by Gasteiger charge is 2.34. The maximum Gasteiger partial charge on any atom is 0.271 e. The maximum absolute atomic E-state index is 14.1. The third-order valence-electron chi connectivity index (χ3n) is 7.43. The van der Waals surface area contributed by atoms with E-state index in [9.17, 15) is 9.59 Å². The number of carbonyl (C=O) groups excluding carboxylic acids is 1. The van der Waals surface area contributed by atoms with Crippen LogP contribution in [0, 0.1) is 3.57 Å². The Bertz CT molecular complexity index is 1990. The van der Waals surface area contributed by atoms with Crippen molar-refractivity contribution in [2.45, 2.75) is 33.4 Å². The highest BCUT2D eigenvalue weighted by Crippen LogP contribution is 2.36. The Labute approximate surface area is 293 Å². The van der Waals surface area contributed by atoms with Gasteiger partial charge in [-0.3, -0.25) is 14.2 Å². The first-order valence-electron chi connectivity index (χ1n) is 14.1. The molecule has 0 aliphatic carbocycles. The van der Waals surface area contributed by atoms with Crippen molar-refractivity contribution in [2.24, 2.45) is 4.99 Å². The standard InChI is InChI=1S/C33H29Cl3IN3O4S/c1-5-39(6-2)32(42)28-18(3)38-33-40(29(28)20-7-10-22(34)11-8-20)31(41)27(45-33)15-19-13-25(37)30(26(14-19)43-4)44-17-21-9-12-23(35)16-24(21)36/h7-16,29H,5-6,17H2,1-4H3/b27-15+/t29-/m0/s1. The summed E-state index contributed by atoms with van der Waals surface area (Å²) in [5.74, 6) is 0.916. The van der Waals surface area contributed by atoms with Gasteiger partial charge < -0.3 is 14.4 Å². The molecular weight excluding hydrogens is 768 g/mol. The van der Waals surface area contributed by atoms with Gasteiger partial charge >= 0.3 is 0 Å². The van der Waals surface area contributed by atoms with Crippen LogP contribution in [0.1, 0.15) is 43.5 Å². The molecule has 1 amide bonds. The van der Waals surface area contributed by atoms with Crippen molar-refractivity contribution in [3.63, 3.8) is 0 Å². The molecule has 0 spiro atoms. The molecule has 1 aliphatic rings. The Morgan fingerprint density at radius 1 is 1.07 bits per heavy atom. The van der Waals surface area contributed by atoms with Crippen LogP contribution in [-0.4, -0.2) is 35.6 Å². The molecule has 45 heavy (non-hydrogen) atoms. The lowest BCUT2D eigenvalue weighted by atomic mass is 9.94. The molecule has 0 fully saturated rings. The van der Waals surface area contributed by atoms with E-state index < -0.39 is 6.04 Å². The zero-order valence-electron chi connectivity index (χ0n) is 24.9. The maximum atomic E-state index is 14.1. The number of amides is 1. The van der Waals surface area contributed by atoms with Crippen molar-refractivity contribution in [1.82, 2.24) is 9.47 Å². The lowest BCUT2D eigenvalue weighted by molar-refractivity contribution is -0.127. The van der Waals surface area contributed by atoms with Crippen molar-refractivity contribution in [3.8, 4) is 11.5 Å². The number of hydrogen-bond acceptors (Lipinski definition) is 6. The molecule has 1 atom stereocenters. The minimum absolute atomic E-state index is 0.148. The number of nitrogens with zero attached hydrogens (tertiary/aromatic N) is 3. The van der Waals surface area contributed by atoms with E-state index in [1.165, 1.54) is 11.3 Å². The molecule has 0 saturated carbocycles. The first-order chi connectivity index (χ1) is 21.6. The Balaban J connectivity index is 1.58. The second-order valence-corrected chi connectivity index (χ2v) is 13.6. The van der Waals surface area contributed by atoms with Gasteiger partial charge in [0.1, 0.15) is 6.61 Å². The van der Waals surface area contributed by atoms with Gasteiger partial charge in [0, 0.05) is 33.7 Å². The van der Waals surface area contributed by atoms with Crippen molar-refractivity contribution in [2.75, 3.05) is 20.2 Å². The number of methoxy groups -OCH3 is 1. The lowest BCUT2D eigenvalue weighted by Crippen LogP contribution is -2.43. The van der Waals surface area contributed by atoms with E-state index in [2.05, 4.69) is 22.6 Å². The number of rotatable bonds is 9. The number of allylic oxidation sites excluding steroid dienone is 1. The molecule has 0 bridgehead atoms. The van der Waals surface area contributed by atoms with Crippen LogP contribution in [-0.2, 0) is 11.4 Å². The molecule has 0 radical (unpaired) electrons. The van der Waals surface area contributed by atoms with Crippen molar-refractivity contribution in [3.05, 3.63) is 121 Å². The van der Waals surface area contributed by atoms with Crippen molar-refractivity contribution >= 4 is 80.7 Å². The predicted molar refractivity (Wildman–Crippen MR) is 190 cm³/mol. The van der Waals surface area contributed by atoms with Gasteiger partial charge in [0.2, 0.25) is 0 Å². The summed E-state index contributed by atoms with van der Waals surface area (Å²) in [6.45, 7) is 6.98. The zero-order valence-corrected chi connectivity index (χ0v) is 30.1. The summed E-state index contributed by atoms with van der Waals surface area (Å²) in [6, 6.07) is 15.5. The van der Waals surface area contributed by atoms with E-state index in [-0.39, 0.29) is 18.1 Å². The van der Waals surface area contributed by atoms with Gasteiger partial charge in [0.15, 0.2) is 16.3 Å². The summed E-state index contributed by atoms with van der Waals surface area (Å²) < 4.78 is 14.7. The van der Waals surface area contributed by atoms with Crippen LogP contribution in [0.15, 0.2) is 75.7 Å². The van der Waals surface area contributed by atoms with Crippen molar-refractivity contribution in [1.29, 1.82) is 0 Å². The number of ether oxygens (including phenoxy) is 2. The van der Waals surface area contributed by atoms with Crippen LogP contribution in [0.25, 0.3) is 6.08 Å². The van der Waals surface area contributed by atoms with Gasteiger partial charge in [-0.2, -0.15) is 0 Å². The van der Waals surface area contributed by atoms with Gasteiger partial charge in [-0.15, -0.1) is 0 Å². The van der Waals surface area contributed by atoms with E-state index in [0.717, 1.165) is 20.3 Å². The predicted octanol–water partition coefficient (Wildman–Crippen LogP) is 7.26. The number of carbonyl (C=O) groups is 1. The van der Waals surface area contributed by atoms with Crippen LogP contribution in [0.3, 0.4) is 0 Å². The SMILES string of the molecule is CCN(CC)C(=O)C1=C(C)N=c2s/c(=C/c3cc(I)c(OCc4ccc(Cl)cc4Cl)c(OC)c3)c(=O)n2[C@H]1c1ccc(Cl)cc1. The number of aromatic nitrogens is 1. The van der Waals surface area contributed by atoms with Crippen molar-refractivity contribution < 1.29 is 14.3 Å². The third kappa shape index (κ3) is 6.97. The Morgan fingerprint density at radius 2 is 1.76 bits per heavy atom. The molecule has 234 valence electrons. The summed E-state index contributed by atoms with van der Waals surface area (Å²) in [4.78, 5) is 34.9. The summed E-state index contributed by atoms with van der Waals surface area (Å²) in [5, 5.41) is 1.63.